The molecule has 6 rings (SSSR count). The summed E-state index contributed by atoms with van der Waals surface area (Å²) in [5, 5.41) is 0. The Labute approximate surface area is 434 Å². The minimum Gasteiger partial charge on any atom is -0.494 e. The normalized spacial score (nSPS) is 18.4. The molecule has 3 aliphatic rings. The predicted molar refractivity (Wildman–Crippen MR) is 273 cm³/mol. The molecule has 1 amide bonds. The number of piperidine rings is 1. The van der Waals surface area contributed by atoms with Gasteiger partial charge < -0.3 is 42.8 Å². The number of hydrogen-bond acceptors (Lipinski definition) is 15. The van der Waals surface area contributed by atoms with Gasteiger partial charge in [0.15, 0.2) is 0 Å². The number of carbonyl (C=O) groups is 7. The van der Waals surface area contributed by atoms with E-state index in [0.717, 1.165) is 82.8 Å². The first kappa shape index (κ1) is 56.3. The second-order valence-corrected chi connectivity index (χ2v) is 19.0. The number of rotatable bonds is 27. The van der Waals surface area contributed by atoms with Crippen molar-refractivity contribution in [2.75, 3.05) is 39.5 Å². The number of hydrogen-bond donors (Lipinski definition) is 0. The van der Waals surface area contributed by atoms with Crippen LogP contribution in [0.2, 0.25) is 0 Å². The van der Waals surface area contributed by atoms with E-state index in [1.165, 1.54) is 18.2 Å². The lowest BCUT2D eigenvalue weighted by Gasteiger charge is -2.28. The maximum absolute atomic E-state index is 13.9. The van der Waals surface area contributed by atoms with Gasteiger partial charge in [-0.15, -0.1) is 0 Å². The molecule has 2 aliphatic carbocycles. The van der Waals surface area contributed by atoms with Gasteiger partial charge >= 0.3 is 35.8 Å². The molecule has 0 atom stereocenters. The van der Waals surface area contributed by atoms with Crippen molar-refractivity contribution < 1.29 is 71.5 Å². The zero-order valence-electron chi connectivity index (χ0n) is 42.5. The Hall–Kier alpha value is -6.97. The molecular formula is C58H71NO15. The molecule has 74 heavy (non-hydrogen) atoms. The van der Waals surface area contributed by atoms with Crippen LogP contribution in [0.3, 0.4) is 0 Å². The molecule has 0 N–H and O–H groups in total. The van der Waals surface area contributed by atoms with Crippen molar-refractivity contribution in [3.63, 3.8) is 0 Å². The molecule has 1 heterocycles. The second kappa shape index (κ2) is 30.3. The first-order chi connectivity index (χ1) is 36.0. The number of carbonyl (C=O) groups excluding carboxylic acids is 7. The lowest BCUT2D eigenvalue weighted by molar-refractivity contribution is -0.145. The molecule has 3 aromatic rings. The topological polar surface area (TPSA) is 197 Å². The van der Waals surface area contributed by atoms with E-state index in [-0.39, 0.29) is 40.8 Å². The molecule has 3 aromatic carbocycles. The predicted octanol–water partition coefficient (Wildman–Crippen LogP) is 10.3. The summed E-state index contributed by atoms with van der Waals surface area (Å²) in [6.45, 7) is 9.67. The van der Waals surface area contributed by atoms with Crippen LogP contribution in [0.4, 0.5) is 0 Å². The van der Waals surface area contributed by atoms with Gasteiger partial charge in [-0.3, -0.25) is 24.0 Å². The van der Waals surface area contributed by atoms with E-state index in [4.69, 9.17) is 37.9 Å². The molecule has 0 aromatic heterocycles. The van der Waals surface area contributed by atoms with Crippen molar-refractivity contribution in [1.29, 1.82) is 0 Å². The third kappa shape index (κ3) is 18.5. The van der Waals surface area contributed by atoms with Gasteiger partial charge in [0.25, 0.3) is 5.91 Å². The summed E-state index contributed by atoms with van der Waals surface area (Å²) in [7, 11) is 0. The Morgan fingerprint density at radius 2 is 0.784 bits per heavy atom. The molecule has 0 bridgehead atoms. The highest BCUT2D eigenvalue weighted by Gasteiger charge is 2.35. The molecule has 1 aliphatic heterocycles. The summed E-state index contributed by atoms with van der Waals surface area (Å²) in [6.07, 6.45) is 15.4. The number of nitrogens with zero attached hydrogens (tertiary/aromatic N) is 1. The largest absolute Gasteiger partial charge is 0.494 e. The summed E-state index contributed by atoms with van der Waals surface area (Å²) < 4.78 is 44.7. The summed E-state index contributed by atoms with van der Waals surface area (Å²) in [5.41, 5.74) is 0.128. The van der Waals surface area contributed by atoms with Crippen LogP contribution in [0, 0.1) is 23.7 Å². The summed E-state index contributed by atoms with van der Waals surface area (Å²) in [4.78, 5) is 91.3. The van der Waals surface area contributed by atoms with E-state index in [2.05, 4.69) is 13.2 Å². The third-order valence-corrected chi connectivity index (χ3v) is 13.6. The number of ether oxygens (including phenoxy) is 8. The Kier molecular flexibility index (Phi) is 23.0. The van der Waals surface area contributed by atoms with E-state index in [1.807, 2.05) is 0 Å². The van der Waals surface area contributed by atoms with Crippen molar-refractivity contribution in [1.82, 2.24) is 4.90 Å². The van der Waals surface area contributed by atoms with Gasteiger partial charge in [-0.2, -0.15) is 0 Å². The Bertz CT molecular complexity index is 2340. The molecule has 2 saturated carbocycles. The van der Waals surface area contributed by atoms with Crippen molar-refractivity contribution in [2.24, 2.45) is 23.7 Å². The SMILES string of the molecule is C=CC(=O)OCCCCCCOc1ccc(OC(=O)C2CCC(C(=O)Oc3ccc(OC(=O)C4CCC(C(=O)Oc5ccc(OCCCCCCOC(=O)C=C)cc5)CC4)c(C(=O)N4CCCCC4)c3)CC2)cc1. The quantitative estimate of drug-likeness (QED) is 0.0302. The van der Waals surface area contributed by atoms with Crippen LogP contribution in [0.15, 0.2) is 92.0 Å². The van der Waals surface area contributed by atoms with E-state index in [1.54, 1.807) is 53.4 Å². The molecular weight excluding hydrogens is 951 g/mol. The summed E-state index contributed by atoms with van der Waals surface area (Å²) in [5.74, 6) is -2.20. The minimum atomic E-state index is -0.498. The Balaban J connectivity index is 0.915. The zero-order chi connectivity index (χ0) is 52.5. The highest BCUT2D eigenvalue weighted by atomic mass is 16.6. The highest BCUT2D eigenvalue weighted by Crippen LogP contribution is 2.35. The molecule has 0 spiro atoms. The lowest BCUT2D eigenvalue weighted by atomic mass is 9.82. The van der Waals surface area contributed by atoms with E-state index < -0.39 is 41.6 Å². The molecule has 16 nitrogen and oxygen atoms in total. The fourth-order valence-electron chi connectivity index (χ4n) is 9.18. The monoisotopic (exact) mass is 1020 g/mol. The van der Waals surface area contributed by atoms with Gasteiger partial charge in [0.2, 0.25) is 0 Å². The number of unbranched alkanes of at least 4 members (excludes halogenated alkanes) is 6. The summed E-state index contributed by atoms with van der Waals surface area (Å²) >= 11 is 0. The van der Waals surface area contributed by atoms with Crippen molar-refractivity contribution >= 4 is 41.7 Å². The smallest absolute Gasteiger partial charge is 0.330 e. The van der Waals surface area contributed by atoms with Crippen LogP contribution in [-0.4, -0.2) is 86.1 Å². The van der Waals surface area contributed by atoms with Crippen molar-refractivity contribution in [3.05, 3.63) is 97.6 Å². The number of likely N-dealkylation sites (tertiary alicyclic amines) is 1. The van der Waals surface area contributed by atoms with Gasteiger partial charge in [0.05, 0.1) is 55.7 Å². The maximum atomic E-state index is 13.9. The Morgan fingerprint density at radius 1 is 0.432 bits per heavy atom. The lowest BCUT2D eigenvalue weighted by Crippen LogP contribution is -2.36. The number of benzene rings is 3. The summed E-state index contributed by atoms with van der Waals surface area (Å²) in [6, 6.07) is 18.2. The van der Waals surface area contributed by atoms with Gasteiger partial charge in [-0.05, 0) is 189 Å². The molecule has 1 saturated heterocycles. The van der Waals surface area contributed by atoms with Crippen LogP contribution in [0.1, 0.15) is 132 Å². The van der Waals surface area contributed by atoms with Gasteiger partial charge in [0, 0.05) is 25.2 Å². The molecule has 16 heteroatoms. The highest BCUT2D eigenvalue weighted by molar-refractivity contribution is 5.98. The van der Waals surface area contributed by atoms with Crippen LogP contribution in [0.5, 0.6) is 34.5 Å². The maximum Gasteiger partial charge on any atom is 0.330 e. The fraction of sp³-hybridized carbons (Fsp3) is 0.500. The van der Waals surface area contributed by atoms with Crippen molar-refractivity contribution in [3.8, 4) is 34.5 Å². The second-order valence-electron chi connectivity index (χ2n) is 19.0. The van der Waals surface area contributed by atoms with Gasteiger partial charge in [-0.25, -0.2) is 9.59 Å². The molecule has 3 fully saturated rings. The first-order valence-electron chi connectivity index (χ1n) is 26.3. The molecule has 398 valence electrons. The number of amides is 1. The standard InChI is InChI=1S/C58H71NO15/c1-3-52(60)69-38-14-7-5-12-36-67-45-24-28-47(29-25-45)71-55(63)41-16-18-43(19-17-41)57(65)73-49-32-33-51(50(40-49)54(62)59-34-10-9-11-35-59)74-58(66)44-22-20-42(21-23-44)56(64)72-48-30-26-46(27-31-48)68-37-13-6-8-15-39-70-53(61)4-2/h3-4,24-33,40-44H,1-2,5-23,34-39H2. The van der Waals surface area contributed by atoms with Gasteiger partial charge in [-0.1, -0.05) is 13.2 Å². The van der Waals surface area contributed by atoms with Crippen LogP contribution < -0.4 is 28.4 Å². The minimum absolute atomic E-state index is 0.0817. The fourth-order valence-corrected chi connectivity index (χ4v) is 9.18. The van der Waals surface area contributed by atoms with Gasteiger partial charge in [0.1, 0.15) is 34.5 Å². The van der Waals surface area contributed by atoms with Crippen molar-refractivity contribution in [2.45, 2.75) is 122 Å². The molecule has 0 unspecified atom stereocenters. The zero-order valence-corrected chi connectivity index (χ0v) is 42.5. The van der Waals surface area contributed by atoms with E-state index in [0.29, 0.717) is 114 Å². The third-order valence-electron chi connectivity index (χ3n) is 13.6. The van der Waals surface area contributed by atoms with E-state index in [9.17, 15) is 33.6 Å². The van der Waals surface area contributed by atoms with Crippen LogP contribution in [0.25, 0.3) is 0 Å². The number of esters is 6. The first-order valence-corrected chi connectivity index (χ1v) is 26.3. The molecule has 0 radical (unpaired) electrons. The average molecular weight is 1020 g/mol. The Morgan fingerprint density at radius 3 is 1.19 bits per heavy atom. The average Bonchev–Trinajstić information content (AvgIpc) is 3.43. The van der Waals surface area contributed by atoms with E-state index >= 15 is 0 Å². The van der Waals surface area contributed by atoms with Crippen LogP contribution in [-0.2, 0) is 38.2 Å². The van der Waals surface area contributed by atoms with Crippen LogP contribution >= 0.6 is 0 Å².